The highest BCUT2D eigenvalue weighted by molar-refractivity contribution is 7.99. The zero-order valence-corrected chi connectivity index (χ0v) is 16.2. The van der Waals surface area contributed by atoms with Crippen LogP contribution in [-0.2, 0) is 12.8 Å². The highest BCUT2D eigenvalue weighted by Gasteiger charge is 2.10. The Morgan fingerprint density at radius 3 is 1.52 bits per heavy atom. The van der Waals surface area contributed by atoms with Crippen molar-refractivity contribution in [2.24, 2.45) is 0 Å². The Kier molecular flexibility index (Phi) is 8.20. The minimum Gasteiger partial charge on any atom is -0.508 e. The molecule has 2 aromatic carbocycles. The lowest BCUT2D eigenvalue weighted by Gasteiger charge is -2.13. The molecule has 0 aliphatic carbocycles. The SMILES string of the molecule is CCCCCc1cc(O)ccc1Sc1ccc(O)cc1CCCCC. The van der Waals surface area contributed by atoms with Gasteiger partial charge in [0.25, 0.3) is 0 Å². The van der Waals surface area contributed by atoms with Crippen LogP contribution in [0, 0.1) is 0 Å². The number of unbranched alkanes of at least 4 members (excludes halogenated alkanes) is 4. The van der Waals surface area contributed by atoms with Gasteiger partial charge in [-0.25, -0.2) is 0 Å². The van der Waals surface area contributed by atoms with Crippen molar-refractivity contribution in [3.63, 3.8) is 0 Å². The van der Waals surface area contributed by atoms with Gasteiger partial charge >= 0.3 is 0 Å². The number of phenolic OH excluding ortho intramolecular Hbond substituents is 2. The van der Waals surface area contributed by atoms with E-state index in [1.54, 1.807) is 23.9 Å². The van der Waals surface area contributed by atoms with Gasteiger partial charge in [-0.3, -0.25) is 0 Å². The third-order valence-electron chi connectivity index (χ3n) is 4.41. The van der Waals surface area contributed by atoms with Gasteiger partial charge in [0.05, 0.1) is 0 Å². The molecule has 0 atom stereocenters. The molecule has 2 nitrogen and oxygen atoms in total. The average Bonchev–Trinajstić information content (AvgIpc) is 2.59. The van der Waals surface area contributed by atoms with E-state index in [9.17, 15) is 10.2 Å². The Morgan fingerprint density at radius 2 is 1.12 bits per heavy atom. The number of rotatable bonds is 10. The van der Waals surface area contributed by atoms with Crippen LogP contribution in [0.3, 0.4) is 0 Å². The molecule has 0 aliphatic heterocycles. The van der Waals surface area contributed by atoms with Gasteiger partial charge in [0.15, 0.2) is 0 Å². The predicted molar refractivity (Wildman–Crippen MR) is 107 cm³/mol. The van der Waals surface area contributed by atoms with Gasteiger partial charge in [0.2, 0.25) is 0 Å². The maximum Gasteiger partial charge on any atom is 0.115 e. The van der Waals surface area contributed by atoms with E-state index in [-0.39, 0.29) is 0 Å². The molecule has 2 aromatic rings. The largest absolute Gasteiger partial charge is 0.508 e. The predicted octanol–water partition coefficient (Wildman–Crippen LogP) is 6.71. The van der Waals surface area contributed by atoms with Crippen LogP contribution in [0.5, 0.6) is 11.5 Å². The van der Waals surface area contributed by atoms with Gasteiger partial charge in [-0.2, -0.15) is 0 Å². The van der Waals surface area contributed by atoms with E-state index in [0.29, 0.717) is 11.5 Å². The molecule has 136 valence electrons. The molecule has 0 amide bonds. The van der Waals surface area contributed by atoms with Crippen molar-refractivity contribution in [2.45, 2.75) is 75.0 Å². The number of benzene rings is 2. The maximum absolute atomic E-state index is 9.85. The van der Waals surface area contributed by atoms with Crippen LogP contribution in [0.1, 0.15) is 63.5 Å². The first-order valence-corrected chi connectivity index (χ1v) is 10.3. The van der Waals surface area contributed by atoms with Gasteiger partial charge < -0.3 is 10.2 Å². The monoisotopic (exact) mass is 358 g/mol. The topological polar surface area (TPSA) is 40.5 Å². The summed E-state index contributed by atoms with van der Waals surface area (Å²) in [6, 6.07) is 11.4. The normalized spacial score (nSPS) is 11.0. The number of hydrogen-bond donors (Lipinski definition) is 2. The van der Waals surface area contributed by atoms with E-state index < -0.39 is 0 Å². The molecule has 0 fully saturated rings. The lowest BCUT2D eigenvalue weighted by atomic mass is 10.1. The third kappa shape index (κ3) is 6.32. The smallest absolute Gasteiger partial charge is 0.115 e. The molecule has 0 bridgehead atoms. The van der Waals surface area contributed by atoms with Gasteiger partial charge in [-0.05, 0) is 73.2 Å². The Hall–Kier alpha value is -1.61. The van der Waals surface area contributed by atoms with Crippen molar-refractivity contribution < 1.29 is 10.2 Å². The molecule has 0 aromatic heterocycles. The number of aromatic hydroxyl groups is 2. The molecule has 0 heterocycles. The summed E-state index contributed by atoms with van der Waals surface area (Å²) in [7, 11) is 0. The highest BCUT2D eigenvalue weighted by Crippen LogP contribution is 2.36. The maximum atomic E-state index is 9.85. The Morgan fingerprint density at radius 1 is 0.680 bits per heavy atom. The highest BCUT2D eigenvalue weighted by atomic mass is 32.2. The molecule has 0 saturated carbocycles. The van der Waals surface area contributed by atoms with Crippen LogP contribution >= 0.6 is 11.8 Å². The summed E-state index contributed by atoms with van der Waals surface area (Å²) < 4.78 is 0. The minimum atomic E-state index is 0.338. The van der Waals surface area contributed by atoms with E-state index in [4.69, 9.17) is 0 Å². The second-order valence-corrected chi connectivity index (χ2v) is 7.68. The quantitative estimate of drug-likeness (QED) is 0.463. The summed E-state index contributed by atoms with van der Waals surface area (Å²) >= 11 is 1.75. The van der Waals surface area contributed by atoms with Crippen LogP contribution in [0.4, 0.5) is 0 Å². The fourth-order valence-electron chi connectivity index (χ4n) is 2.97. The lowest BCUT2D eigenvalue weighted by Crippen LogP contribution is -1.92. The summed E-state index contributed by atoms with van der Waals surface area (Å²) in [6.45, 7) is 4.41. The van der Waals surface area contributed by atoms with Crippen LogP contribution in [0.25, 0.3) is 0 Å². The van der Waals surface area contributed by atoms with Crippen LogP contribution in [0.2, 0.25) is 0 Å². The summed E-state index contributed by atoms with van der Waals surface area (Å²) in [5.41, 5.74) is 2.43. The number of phenols is 2. The summed E-state index contributed by atoms with van der Waals surface area (Å²) in [6.07, 6.45) is 9.09. The van der Waals surface area contributed by atoms with Crippen LogP contribution in [0.15, 0.2) is 46.2 Å². The molecule has 2 N–H and O–H groups in total. The summed E-state index contributed by atoms with van der Waals surface area (Å²) in [4.78, 5) is 2.41. The van der Waals surface area contributed by atoms with Crippen molar-refractivity contribution in [3.05, 3.63) is 47.5 Å². The summed E-state index contributed by atoms with van der Waals surface area (Å²) in [5.74, 6) is 0.675. The molecular formula is C22H30O2S. The van der Waals surface area contributed by atoms with E-state index in [1.807, 2.05) is 24.3 Å². The van der Waals surface area contributed by atoms with Crippen LogP contribution in [-0.4, -0.2) is 10.2 Å². The molecule has 0 spiro atoms. The fourth-order valence-corrected chi connectivity index (χ4v) is 4.06. The molecular weight excluding hydrogens is 328 g/mol. The van der Waals surface area contributed by atoms with E-state index in [0.717, 1.165) is 25.7 Å². The van der Waals surface area contributed by atoms with Crippen molar-refractivity contribution in [3.8, 4) is 11.5 Å². The van der Waals surface area contributed by atoms with E-state index >= 15 is 0 Å². The van der Waals surface area contributed by atoms with Crippen molar-refractivity contribution in [2.75, 3.05) is 0 Å². The Labute approximate surface area is 156 Å². The molecule has 2 rings (SSSR count). The average molecular weight is 359 g/mol. The first kappa shape index (κ1) is 19.7. The molecule has 25 heavy (non-hydrogen) atoms. The van der Waals surface area contributed by atoms with Gasteiger partial charge in [0.1, 0.15) is 11.5 Å². The Balaban J connectivity index is 2.20. The molecule has 0 saturated heterocycles. The zero-order chi connectivity index (χ0) is 18.1. The van der Waals surface area contributed by atoms with E-state index in [2.05, 4.69) is 13.8 Å². The molecule has 3 heteroatoms. The molecule has 0 aliphatic rings. The zero-order valence-electron chi connectivity index (χ0n) is 15.4. The van der Waals surface area contributed by atoms with E-state index in [1.165, 1.54) is 46.6 Å². The second-order valence-electron chi connectivity index (χ2n) is 6.60. The van der Waals surface area contributed by atoms with Gasteiger partial charge in [0, 0.05) is 9.79 Å². The number of aryl methyl sites for hydroxylation is 2. The number of hydrogen-bond acceptors (Lipinski definition) is 3. The first-order chi connectivity index (χ1) is 12.1. The second kappa shape index (κ2) is 10.4. The fraction of sp³-hybridized carbons (Fsp3) is 0.455. The van der Waals surface area contributed by atoms with Crippen LogP contribution < -0.4 is 0 Å². The van der Waals surface area contributed by atoms with Crippen molar-refractivity contribution in [1.29, 1.82) is 0 Å². The molecule has 0 unspecified atom stereocenters. The Bertz CT molecular complexity index is 610. The summed E-state index contributed by atoms with van der Waals surface area (Å²) in [5, 5.41) is 19.7. The minimum absolute atomic E-state index is 0.338. The first-order valence-electron chi connectivity index (χ1n) is 9.45. The molecule has 0 radical (unpaired) electrons. The standard InChI is InChI=1S/C22H30O2S/c1-3-5-7-9-17-15-19(23)11-13-21(17)25-22-14-12-20(24)16-18(22)10-8-6-4-2/h11-16,23-24H,3-10H2,1-2H3. The van der Waals surface area contributed by atoms with Crippen molar-refractivity contribution in [1.82, 2.24) is 0 Å². The lowest BCUT2D eigenvalue weighted by molar-refractivity contribution is 0.473. The third-order valence-corrected chi connectivity index (χ3v) is 5.64. The van der Waals surface area contributed by atoms with Crippen molar-refractivity contribution >= 4 is 11.8 Å². The van der Waals surface area contributed by atoms with Gasteiger partial charge in [-0.15, -0.1) is 0 Å². The van der Waals surface area contributed by atoms with Gasteiger partial charge in [-0.1, -0.05) is 51.3 Å².